The fourth-order valence-corrected chi connectivity index (χ4v) is 2.13. The number of halogens is 2. The highest BCUT2D eigenvalue weighted by Gasteiger charge is 2.07. The number of ether oxygens (including phenoxy) is 1. The molecule has 0 radical (unpaired) electrons. The minimum atomic E-state index is -0.288. The Balaban J connectivity index is 1.75. The minimum Gasteiger partial charge on any atom is -0.491 e. The molecule has 2 aromatic rings. The molecule has 102 valence electrons. The predicted octanol–water partition coefficient (Wildman–Crippen LogP) is 3.91. The lowest BCUT2D eigenvalue weighted by atomic mass is 10.2. The van der Waals surface area contributed by atoms with E-state index in [1.165, 1.54) is 12.1 Å². The summed E-state index contributed by atoms with van der Waals surface area (Å²) < 4.78 is 24.4. The maximum absolute atomic E-state index is 12.9. The van der Waals surface area contributed by atoms with Crippen LogP contribution in [-0.4, -0.2) is 13.2 Å². The molecule has 1 N–H and O–H groups in total. The molecule has 0 fully saturated rings. The lowest BCUT2D eigenvalue weighted by molar-refractivity contribution is 0.300. The first kappa shape index (κ1) is 14.1. The molecule has 0 aliphatic heterocycles. The standard InChI is InChI=1S/C14H15BrFNO2/c1-10(13-3-2-7-18-13)17-6-8-19-14-5-4-11(16)9-12(14)15/h2-5,7,9-10,17H,6,8H2,1H3. The Morgan fingerprint density at radius 3 is 2.95 bits per heavy atom. The Kier molecular flexibility index (Phi) is 4.99. The van der Waals surface area contributed by atoms with Crippen LogP contribution in [0, 0.1) is 5.82 Å². The molecular weight excluding hydrogens is 313 g/mol. The highest BCUT2D eigenvalue weighted by Crippen LogP contribution is 2.25. The Morgan fingerprint density at radius 2 is 2.26 bits per heavy atom. The van der Waals surface area contributed by atoms with Crippen LogP contribution in [0.5, 0.6) is 5.75 Å². The van der Waals surface area contributed by atoms with E-state index in [0.717, 1.165) is 5.76 Å². The van der Waals surface area contributed by atoms with Gasteiger partial charge in [-0.25, -0.2) is 4.39 Å². The van der Waals surface area contributed by atoms with Gasteiger partial charge >= 0.3 is 0 Å². The SMILES string of the molecule is CC(NCCOc1ccc(F)cc1Br)c1ccco1. The van der Waals surface area contributed by atoms with Crippen molar-refractivity contribution in [2.45, 2.75) is 13.0 Å². The number of hydrogen-bond donors (Lipinski definition) is 1. The average molecular weight is 328 g/mol. The summed E-state index contributed by atoms with van der Waals surface area (Å²) in [7, 11) is 0. The fraction of sp³-hybridized carbons (Fsp3) is 0.286. The van der Waals surface area contributed by atoms with Crippen molar-refractivity contribution < 1.29 is 13.5 Å². The Morgan fingerprint density at radius 1 is 1.42 bits per heavy atom. The van der Waals surface area contributed by atoms with Crippen LogP contribution in [0.3, 0.4) is 0 Å². The molecule has 0 spiro atoms. The highest BCUT2D eigenvalue weighted by molar-refractivity contribution is 9.10. The van der Waals surface area contributed by atoms with E-state index in [4.69, 9.17) is 9.15 Å². The zero-order valence-electron chi connectivity index (χ0n) is 10.5. The van der Waals surface area contributed by atoms with E-state index in [9.17, 15) is 4.39 Å². The third-order valence-corrected chi connectivity index (χ3v) is 3.29. The number of benzene rings is 1. The molecular formula is C14H15BrFNO2. The van der Waals surface area contributed by atoms with Gasteiger partial charge in [-0.05, 0) is 53.2 Å². The van der Waals surface area contributed by atoms with Gasteiger partial charge in [-0.1, -0.05) is 0 Å². The van der Waals surface area contributed by atoms with Crippen LogP contribution in [0.25, 0.3) is 0 Å². The second kappa shape index (κ2) is 6.73. The van der Waals surface area contributed by atoms with Crippen LogP contribution >= 0.6 is 15.9 Å². The van der Waals surface area contributed by atoms with Crippen LogP contribution in [0.4, 0.5) is 4.39 Å². The first-order valence-corrected chi connectivity index (χ1v) is 6.81. The first-order valence-electron chi connectivity index (χ1n) is 6.01. The largest absolute Gasteiger partial charge is 0.491 e. The van der Waals surface area contributed by atoms with Crippen LogP contribution in [0.2, 0.25) is 0 Å². The zero-order valence-corrected chi connectivity index (χ0v) is 12.1. The lowest BCUT2D eigenvalue weighted by Crippen LogP contribution is -2.24. The molecule has 1 aromatic carbocycles. The van der Waals surface area contributed by atoms with Crippen LogP contribution in [-0.2, 0) is 0 Å². The number of nitrogens with one attached hydrogen (secondary N) is 1. The molecule has 0 aliphatic rings. The highest BCUT2D eigenvalue weighted by atomic mass is 79.9. The second-order valence-electron chi connectivity index (χ2n) is 4.11. The molecule has 2 rings (SSSR count). The summed E-state index contributed by atoms with van der Waals surface area (Å²) in [5, 5.41) is 3.28. The molecule has 0 amide bonds. The van der Waals surface area contributed by atoms with Crippen molar-refractivity contribution in [1.82, 2.24) is 5.32 Å². The third kappa shape index (κ3) is 4.08. The Bertz CT molecular complexity index is 516. The van der Waals surface area contributed by atoms with Crippen molar-refractivity contribution in [3.63, 3.8) is 0 Å². The topological polar surface area (TPSA) is 34.4 Å². The van der Waals surface area contributed by atoms with Gasteiger partial charge in [0.15, 0.2) is 0 Å². The van der Waals surface area contributed by atoms with Crippen LogP contribution in [0.15, 0.2) is 45.5 Å². The molecule has 0 aliphatic carbocycles. The molecule has 0 saturated heterocycles. The minimum absolute atomic E-state index is 0.134. The molecule has 3 nitrogen and oxygen atoms in total. The van der Waals surface area contributed by atoms with Gasteiger partial charge in [-0.2, -0.15) is 0 Å². The summed E-state index contributed by atoms with van der Waals surface area (Å²) >= 11 is 3.26. The first-order chi connectivity index (χ1) is 9.16. The smallest absolute Gasteiger partial charge is 0.133 e. The van der Waals surface area contributed by atoms with E-state index in [1.54, 1.807) is 12.3 Å². The number of rotatable bonds is 6. The predicted molar refractivity (Wildman–Crippen MR) is 74.7 cm³/mol. The quantitative estimate of drug-likeness (QED) is 0.817. The van der Waals surface area contributed by atoms with Gasteiger partial charge in [0.1, 0.15) is 23.9 Å². The van der Waals surface area contributed by atoms with E-state index in [1.807, 2.05) is 19.1 Å². The molecule has 1 heterocycles. The van der Waals surface area contributed by atoms with Crippen molar-refractivity contribution in [2.75, 3.05) is 13.2 Å². The lowest BCUT2D eigenvalue weighted by Gasteiger charge is -2.12. The summed E-state index contributed by atoms with van der Waals surface area (Å²) in [5.74, 6) is 1.24. The van der Waals surface area contributed by atoms with Crippen molar-refractivity contribution in [3.05, 3.63) is 52.6 Å². The van der Waals surface area contributed by atoms with E-state index < -0.39 is 0 Å². The molecule has 1 aromatic heterocycles. The van der Waals surface area contributed by atoms with Gasteiger partial charge in [0, 0.05) is 6.54 Å². The van der Waals surface area contributed by atoms with Crippen molar-refractivity contribution in [2.24, 2.45) is 0 Å². The van der Waals surface area contributed by atoms with Gasteiger partial charge in [-0.3, -0.25) is 0 Å². The summed E-state index contributed by atoms with van der Waals surface area (Å²) in [5.41, 5.74) is 0. The van der Waals surface area contributed by atoms with E-state index >= 15 is 0 Å². The monoisotopic (exact) mass is 327 g/mol. The number of furan rings is 1. The van der Waals surface area contributed by atoms with Crippen LogP contribution < -0.4 is 10.1 Å². The van der Waals surface area contributed by atoms with Crippen molar-refractivity contribution >= 4 is 15.9 Å². The molecule has 5 heteroatoms. The third-order valence-electron chi connectivity index (χ3n) is 2.67. The molecule has 1 unspecified atom stereocenters. The molecule has 0 bridgehead atoms. The molecule has 19 heavy (non-hydrogen) atoms. The van der Waals surface area contributed by atoms with Crippen LogP contribution in [0.1, 0.15) is 18.7 Å². The van der Waals surface area contributed by atoms with Gasteiger partial charge in [0.05, 0.1) is 16.8 Å². The number of hydrogen-bond acceptors (Lipinski definition) is 3. The summed E-state index contributed by atoms with van der Waals surface area (Å²) in [4.78, 5) is 0. The summed E-state index contributed by atoms with van der Waals surface area (Å²) in [6.45, 7) is 3.19. The second-order valence-corrected chi connectivity index (χ2v) is 4.97. The fourth-order valence-electron chi connectivity index (χ4n) is 1.67. The van der Waals surface area contributed by atoms with Gasteiger partial charge < -0.3 is 14.5 Å². The summed E-state index contributed by atoms with van der Waals surface area (Å²) in [6, 6.07) is 8.28. The Hall–Kier alpha value is -1.33. The average Bonchev–Trinajstić information content (AvgIpc) is 2.90. The van der Waals surface area contributed by atoms with Crippen molar-refractivity contribution in [1.29, 1.82) is 0 Å². The van der Waals surface area contributed by atoms with E-state index in [0.29, 0.717) is 23.4 Å². The van der Waals surface area contributed by atoms with Gasteiger partial charge in [0.25, 0.3) is 0 Å². The Labute approximate surface area is 119 Å². The maximum atomic E-state index is 12.9. The molecule has 1 atom stereocenters. The van der Waals surface area contributed by atoms with Gasteiger partial charge in [-0.15, -0.1) is 0 Å². The summed E-state index contributed by atoms with van der Waals surface area (Å²) in [6.07, 6.45) is 1.65. The normalized spacial score (nSPS) is 12.4. The van der Waals surface area contributed by atoms with Crippen molar-refractivity contribution in [3.8, 4) is 5.75 Å². The van der Waals surface area contributed by atoms with E-state index in [-0.39, 0.29) is 11.9 Å². The molecule has 0 saturated carbocycles. The zero-order chi connectivity index (χ0) is 13.7. The maximum Gasteiger partial charge on any atom is 0.133 e. The van der Waals surface area contributed by atoms with Gasteiger partial charge in [0.2, 0.25) is 0 Å². The van der Waals surface area contributed by atoms with E-state index in [2.05, 4.69) is 21.2 Å².